The Morgan fingerprint density at radius 2 is 1.38 bits per heavy atom. The summed E-state index contributed by atoms with van der Waals surface area (Å²) in [5, 5.41) is 3.42. The maximum absolute atomic E-state index is 12.5. The number of hydrogen-bond donors (Lipinski definition) is 3. The van der Waals surface area contributed by atoms with Crippen LogP contribution in [0.2, 0.25) is 0 Å². The molecule has 0 aromatic rings. The highest BCUT2D eigenvalue weighted by molar-refractivity contribution is 8.67. The van der Waals surface area contributed by atoms with Crippen LogP contribution in [0, 0.1) is 11.8 Å². The van der Waals surface area contributed by atoms with Gasteiger partial charge in [0.2, 0.25) is 0 Å². The van der Waals surface area contributed by atoms with Crippen molar-refractivity contribution in [3.63, 3.8) is 0 Å². The van der Waals surface area contributed by atoms with Gasteiger partial charge in [0.05, 0.1) is 6.10 Å². The Hall–Kier alpha value is -0.440. The van der Waals surface area contributed by atoms with Crippen molar-refractivity contribution in [3.05, 3.63) is 0 Å². The van der Waals surface area contributed by atoms with E-state index in [1.165, 1.54) is 0 Å². The fourth-order valence-electron chi connectivity index (χ4n) is 3.30. The van der Waals surface area contributed by atoms with E-state index in [-0.39, 0.29) is 24.1 Å². The summed E-state index contributed by atoms with van der Waals surface area (Å²) >= 11 is 4.09. The predicted molar refractivity (Wildman–Crippen MR) is 125 cm³/mol. The van der Waals surface area contributed by atoms with Gasteiger partial charge in [0.25, 0.3) is 0 Å². The van der Waals surface area contributed by atoms with Crippen molar-refractivity contribution in [2.24, 2.45) is 11.8 Å². The largest absolute Gasteiger partial charge is 0.462 e. The van der Waals surface area contributed by atoms with E-state index in [1.54, 1.807) is 0 Å². The molecule has 2 N–H and O–H groups in total. The molecule has 0 aliphatic rings. The van der Waals surface area contributed by atoms with Crippen molar-refractivity contribution in [1.82, 2.24) is 10.0 Å². The summed E-state index contributed by atoms with van der Waals surface area (Å²) in [5.74, 6) is 0.192. The molecule has 0 rings (SSSR count). The van der Waals surface area contributed by atoms with Gasteiger partial charge in [-0.3, -0.25) is 14.9 Å². The molecule has 0 fully saturated rings. The third-order valence-corrected chi connectivity index (χ3v) is 4.92. The van der Waals surface area contributed by atoms with E-state index in [9.17, 15) is 9.59 Å². The standard InChI is InChI=1S/C21H42N2O4S2/c1-13(2)10-17(19(24)26-15(5)6)22-21(8,9)12-16(7)27-20(25)18(23-29-28)11-14(3)4/h13-18,22-23,28H,10-12H2,1-9H3/t16?,17?,18-/m1/s1. The summed E-state index contributed by atoms with van der Waals surface area (Å²) in [6.07, 6.45) is 1.48. The molecule has 2 unspecified atom stereocenters. The van der Waals surface area contributed by atoms with Crippen LogP contribution in [-0.4, -0.2) is 41.8 Å². The molecule has 3 atom stereocenters. The maximum atomic E-state index is 12.5. The van der Waals surface area contributed by atoms with Crippen LogP contribution in [0.3, 0.4) is 0 Å². The van der Waals surface area contributed by atoms with Crippen molar-refractivity contribution in [1.29, 1.82) is 0 Å². The minimum Gasteiger partial charge on any atom is -0.462 e. The molecule has 6 nitrogen and oxygen atoms in total. The quantitative estimate of drug-likeness (QED) is 0.155. The van der Waals surface area contributed by atoms with Crippen LogP contribution in [0.1, 0.15) is 81.6 Å². The molecule has 0 heterocycles. The van der Waals surface area contributed by atoms with Crippen LogP contribution in [0.5, 0.6) is 0 Å². The van der Waals surface area contributed by atoms with E-state index in [0.29, 0.717) is 31.1 Å². The van der Waals surface area contributed by atoms with Gasteiger partial charge in [-0.1, -0.05) is 39.4 Å². The van der Waals surface area contributed by atoms with Gasteiger partial charge in [-0.05, 0) is 70.3 Å². The Bertz CT molecular complexity index is 499. The molecule has 0 amide bonds. The van der Waals surface area contributed by atoms with E-state index >= 15 is 0 Å². The van der Waals surface area contributed by atoms with Crippen LogP contribution in [0.4, 0.5) is 0 Å². The fraction of sp³-hybridized carbons (Fsp3) is 0.905. The first-order chi connectivity index (χ1) is 13.3. The number of nitrogens with one attached hydrogen (secondary N) is 2. The predicted octanol–water partition coefficient (Wildman–Crippen LogP) is 4.54. The lowest BCUT2D eigenvalue weighted by Gasteiger charge is -2.34. The van der Waals surface area contributed by atoms with E-state index in [2.05, 4.69) is 49.4 Å². The second kappa shape index (κ2) is 13.8. The van der Waals surface area contributed by atoms with E-state index in [0.717, 1.165) is 11.0 Å². The first-order valence-corrected chi connectivity index (χ1v) is 12.4. The highest BCUT2D eigenvalue weighted by Gasteiger charge is 2.32. The topological polar surface area (TPSA) is 76.7 Å². The SMILES string of the molecule is CC(C)CC(NC(C)(C)CC(C)OC(=O)[C@@H](CC(C)C)NSS)C(=O)OC(C)C. The smallest absolute Gasteiger partial charge is 0.324 e. The van der Waals surface area contributed by atoms with Crippen molar-refractivity contribution >= 4 is 34.6 Å². The highest BCUT2D eigenvalue weighted by Crippen LogP contribution is 2.20. The van der Waals surface area contributed by atoms with Crippen molar-refractivity contribution in [2.45, 2.75) is 111 Å². The number of esters is 2. The summed E-state index contributed by atoms with van der Waals surface area (Å²) in [5.41, 5.74) is -0.408. The van der Waals surface area contributed by atoms with Crippen molar-refractivity contribution in [3.8, 4) is 0 Å². The Morgan fingerprint density at radius 3 is 1.83 bits per heavy atom. The summed E-state index contributed by atoms with van der Waals surface area (Å²) in [7, 11) is 1.12. The molecule has 0 aliphatic carbocycles. The molecule has 0 aromatic heterocycles. The summed E-state index contributed by atoms with van der Waals surface area (Å²) in [6.45, 7) is 17.9. The van der Waals surface area contributed by atoms with Gasteiger partial charge in [-0.2, -0.15) is 0 Å². The van der Waals surface area contributed by atoms with E-state index in [4.69, 9.17) is 9.47 Å². The lowest BCUT2D eigenvalue weighted by molar-refractivity contribution is -0.154. The Kier molecular flexibility index (Phi) is 13.6. The number of carbonyl (C=O) groups excluding carboxylic acids is 2. The van der Waals surface area contributed by atoms with Crippen LogP contribution >= 0.6 is 22.6 Å². The van der Waals surface area contributed by atoms with Gasteiger partial charge in [0, 0.05) is 12.0 Å². The highest BCUT2D eigenvalue weighted by atomic mass is 33.1. The maximum Gasteiger partial charge on any atom is 0.324 e. The Balaban J connectivity index is 4.96. The van der Waals surface area contributed by atoms with Gasteiger partial charge >= 0.3 is 11.9 Å². The van der Waals surface area contributed by atoms with Crippen LogP contribution < -0.4 is 10.0 Å². The van der Waals surface area contributed by atoms with Crippen molar-refractivity contribution in [2.75, 3.05) is 0 Å². The zero-order valence-corrected chi connectivity index (χ0v) is 21.3. The molecule has 8 heteroatoms. The van der Waals surface area contributed by atoms with Gasteiger partial charge in [-0.25, -0.2) is 4.72 Å². The van der Waals surface area contributed by atoms with Gasteiger partial charge in [0.15, 0.2) is 0 Å². The third-order valence-electron chi connectivity index (χ3n) is 4.21. The number of carbonyl (C=O) groups is 2. The Morgan fingerprint density at radius 1 is 0.897 bits per heavy atom. The zero-order chi connectivity index (χ0) is 22.8. The van der Waals surface area contributed by atoms with Crippen LogP contribution in [-0.2, 0) is 19.1 Å². The van der Waals surface area contributed by atoms with E-state index < -0.39 is 17.6 Å². The molecule has 0 radical (unpaired) electrons. The second-order valence-corrected chi connectivity index (χ2v) is 10.5. The number of rotatable bonds is 14. The number of hydrogen-bond acceptors (Lipinski definition) is 8. The molecule has 172 valence electrons. The third kappa shape index (κ3) is 13.5. The minimum atomic E-state index is -0.408. The summed E-state index contributed by atoms with van der Waals surface area (Å²) in [6, 6.07) is -0.794. The van der Waals surface area contributed by atoms with Gasteiger partial charge in [0.1, 0.15) is 18.2 Å². The monoisotopic (exact) mass is 450 g/mol. The second-order valence-electron chi connectivity index (χ2n) is 9.54. The normalized spacial score (nSPS) is 15.5. The molecular formula is C21H42N2O4S2. The summed E-state index contributed by atoms with van der Waals surface area (Å²) in [4.78, 5) is 25.0. The fourth-order valence-corrected chi connectivity index (χ4v) is 4.00. The van der Waals surface area contributed by atoms with E-state index in [1.807, 2.05) is 34.6 Å². The molecule has 0 aromatic carbocycles. The lowest BCUT2D eigenvalue weighted by Crippen LogP contribution is -2.52. The first-order valence-electron chi connectivity index (χ1n) is 10.5. The zero-order valence-electron chi connectivity index (χ0n) is 19.6. The van der Waals surface area contributed by atoms with Crippen molar-refractivity contribution < 1.29 is 19.1 Å². The molecule has 0 bridgehead atoms. The first kappa shape index (κ1) is 28.6. The van der Waals surface area contributed by atoms with Crippen LogP contribution in [0.15, 0.2) is 0 Å². The average molecular weight is 451 g/mol. The Labute approximate surface area is 187 Å². The number of thiol groups is 1. The lowest BCUT2D eigenvalue weighted by atomic mass is 9.93. The molecule has 0 aliphatic heterocycles. The number of ether oxygens (including phenoxy) is 2. The summed E-state index contributed by atoms with van der Waals surface area (Å²) < 4.78 is 14.1. The van der Waals surface area contributed by atoms with Gasteiger partial charge < -0.3 is 9.47 Å². The minimum absolute atomic E-state index is 0.156. The molecule has 0 spiro atoms. The molecule has 29 heavy (non-hydrogen) atoms. The molecule has 0 saturated heterocycles. The van der Waals surface area contributed by atoms with Gasteiger partial charge in [-0.15, -0.1) is 0 Å². The average Bonchev–Trinajstić information content (AvgIpc) is 2.51. The van der Waals surface area contributed by atoms with Crippen LogP contribution in [0.25, 0.3) is 0 Å². The molecular weight excluding hydrogens is 408 g/mol. The molecule has 0 saturated carbocycles.